The van der Waals surface area contributed by atoms with Crippen LogP contribution in [0.4, 0.5) is 0 Å². The lowest BCUT2D eigenvalue weighted by molar-refractivity contribution is -0.218. The maximum Gasteiger partial charge on any atom is 0.308 e. The molecule has 0 aliphatic heterocycles. The maximum atomic E-state index is 14.3. The molecule has 53 heavy (non-hydrogen) atoms. The SMILES string of the molecule is CC[C@H](C)[C@H](NC(=O)C12CC(NC)(C1)[C@H]2C)C(=O)N(C)[C@H](C[C@@H](OC(C)=O)c1nc(C(=O)N[C@@H](Cc2ccccc2)C[C@H](C)C(=O)OC)cs1)C(C)C. The Morgan fingerprint density at radius 1 is 1.04 bits per heavy atom. The van der Waals surface area contributed by atoms with Crippen molar-refractivity contribution in [3.8, 4) is 0 Å². The molecule has 3 N–H and O–H groups in total. The monoisotopic (exact) mass is 753 g/mol. The van der Waals surface area contributed by atoms with Crippen LogP contribution in [0.2, 0.25) is 0 Å². The Kier molecular flexibility index (Phi) is 13.9. The van der Waals surface area contributed by atoms with Crippen molar-refractivity contribution in [3.05, 3.63) is 52.0 Å². The van der Waals surface area contributed by atoms with Crippen LogP contribution < -0.4 is 16.0 Å². The molecule has 0 spiro atoms. The smallest absolute Gasteiger partial charge is 0.308 e. The molecule has 1 heterocycles. The number of rotatable bonds is 19. The van der Waals surface area contributed by atoms with E-state index < -0.39 is 35.4 Å². The standard InChI is InChI=1S/C40H59N5O7S/c1-11-24(4)33(44-38(50)39-21-40(22-39,41-8)26(39)6)36(48)45(9)31(23(2)3)19-32(52-27(7)46)35-43-30(20-53-35)34(47)42-29(17-25(5)37(49)51-10)18-28-15-13-12-14-16-28/h12-16,20,23-26,29,31-33,41H,11,17-19,21-22H2,1-10H3,(H,42,47)(H,44,50)/t24-,25-,26-,29+,31+,32+,33-,39?,40?/m0/s1. The first-order valence-electron chi connectivity index (χ1n) is 18.8. The molecule has 0 saturated heterocycles. The van der Waals surface area contributed by atoms with Gasteiger partial charge in [-0.25, -0.2) is 4.98 Å². The summed E-state index contributed by atoms with van der Waals surface area (Å²) >= 11 is 1.21. The number of benzene rings is 1. The van der Waals surface area contributed by atoms with Gasteiger partial charge in [0.15, 0.2) is 6.10 Å². The molecule has 1 aromatic carbocycles. The molecule has 13 heteroatoms. The van der Waals surface area contributed by atoms with Crippen molar-refractivity contribution in [2.24, 2.45) is 29.1 Å². The first-order chi connectivity index (χ1) is 25.0. The molecule has 3 amide bonds. The van der Waals surface area contributed by atoms with E-state index in [0.717, 1.165) is 18.4 Å². The summed E-state index contributed by atoms with van der Waals surface area (Å²) in [5, 5.41) is 11.6. The van der Waals surface area contributed by atoms with Gasteiger partial charge in [-0.15, -0.1) is 11.3 Å². The van der Waals surface area contributed by atoms with E-state index in [4.69, 9.17) is 9.47 Å². The van der Waals surface area contributed by atoms with E-state index in [2.05, 4.69) is 27.9 Å². The highest BCUT2D eigenvalue weighted by Crippen LogP contribution is 2.71. The lowest BCUT2D eigenvalue weighted by Crippen LogP contribution is -2.83. The zero-order valence-electron chi connectivity index (χ0n) is 33.0. The molecule has 3 saturated carbocycles. The number of nitrogens with zero attached hydrogens (tertiary/aromatic N) is 2. The van der Waals surface area contributed by atoms with Crippen molar-refractivity contribution >= 4 is 41.0 Å². The van der Waals surface area contributed by atoms with Crippen LogP contribution in [-0.4, -0.2) is 84.4 Å². The molecule has 12 nitrogen and oxygen atoms in total. The summed E-state index contributed by atoms with van der Waals surface area (Å²) in [5.74, 6) is -1.92. The van der Waals surface area contributed by atoms with E-state index in [9.17, 15) is 24.0 Å². The van der Waals surface area contributed by atoms with Crippen molar-refractivity contribution < 1.29 is 33.4 Å². The minimum absolute atomic E-state index is 0.0157. The van der Waals surface area contributed by atoms with E-state index in [-0.39, 0.29) is 65.3 Å². The number of nitrogens with one attached hydrogen (secondary N) is 3. The summed E-state index contributed by atoms with van der Waals surface area (Å²) < 4.78 is 10.7. The number of hydrogen-bond acceptors (Lipinski definition) is 10. The van der Waals surface area contributed by atoms with Gasteiger partial charge < -0.3 is 30.3 Å². The lowest BCUT2D eigenvalue weighted by Gasteiger charge is -2.74. The van der Waals surface area contributed by atoms with Gasteiger partial charge in [-0.3, -0.25) is 24.0 Å². The van der Waals surface area contributed by atoms with Crippen LogP contribution in [-0.2, 0) is 35.1 Å². The van der Waals surface area contributed by atoms with Gasteiger partial charge in [0.1, 0.15) is 16.7 Å². The molecule has 0 radical (unpaired) electrons. The molecule has 3 aliphatic carbocycles. The molecule has 0 unspecified atom stereocenters. The third-order valence-corrected chi connectivity index (χ3v) is 12.9. The molecule has 292 valence electrons. The Morgan fingerprint density at radius 3 is 2.25 bits per heavy atom. The topological polar surface area (TPSA) is 156 Å². The average molecular weight is 754 g/mol. The predicted molar refractivity (Wildman–Crippen MR) is 204 cm³/mol. The second-order valence-electron chi connectivity index (χ2n) is 15.7. The second kappa shape index (κ2) is 17.5. The largest absolute Gasteiger partial charge is 0.469 e. The number of likely N-dealkylation sites (N-methyl/N-ethyl adjacent to an activating group) is 1. The van der Waals surface area contributed by atoms with E-state index in [1.165, 1.54) is 25.4 Å². The van der Waals surface area contributed by atoms with Gasteiger partial charge in [0.05, 0.1) is 18.4 Å². The van der Waals surface area contributed by atoms with Crippen LogP contribution in [0, 0.1) is 29.1 Å². The third-order valence-electron chi connectivity index (χ3n) is 11.9. The molecular formula is C40H59N5O7S. The minimum atomic E-state index is -0.822. The predicted octanol–water partition coefficient (Wildman–Crippen LogP) is 5.08. The Bertz CT molecular complexity index is 1610. The third kappa shape index (κ3) is 9.11. The van der Waals surface area contributed by atoms with E-state index in [1.807, 2.05) is 65.1 Å². The first kappa shape index (κ1) is 41.9. The lowest BCUT2D eigenvalue weighted by atomic mass is 9.33. The molecule has 5 rings (SSSR count). The number of ether oxygens (including phenoxy) is 2. The fourth-order valence-electron chi connectivity index (χ4n) is 8.17. The Balaban J connectivity index is 1.50. The van der Waals surface area contributed by atoms with Crippen molar-refractivity contribution in [1.82, 2.24) is 25.8 Å². The number of amides is 3. The van der Waals surface area contributed by atoms with Crippen molar-refractivity contribution in [3.63, 3.8) is 0 Å². The van der Waals surface area contributed by atoms with Gasteiger partial charge in [0.25, 0.3) is 5.91 Å². The number of hydrogen-bond donors (Lipinski definition) is 3. The molecule has 7 atom stereocenters. The molecule has 3 aliphatic rings. The minimum Gasteiger partial charge on any atom is -0.469 e. The Hall–Kier alpha value is -3.84. The van der Waals surface area contributed by atoms with Crippen LogP contribution >= 0.6 is 11.3 Å². The quantitative estimate of drug-likeness (QED) is 0.167. The van der Waals surface area contributed by atoms with Crippen LogP contribution in [0.5, 0.6) is 0 Å². The van der Waals surface area contributed by atoms with Gasteiger partial charge in [0.2, 0.25) is 11.8 Å². The number of carbonyl (C=O) groups excluding carboxylic acids is 5. The molecule has 1 aromatic heterocycles. The molecule has 2 bridgehead atoms. The molecule has 2 aromatic rings. The zero-order chi connectivity index (χ0) is 39.2. The summed E-state index contributed by atoms with van der Waals surface area (Å²) in [7, 11) is 5.02. The summed E-state index contributed by atoms with van der Waals surface area (Å²) in [6.45, 7) is 13.2. The van der Waals surface area contributed by atoms with Gasteiger partial charge >= 0.3 is 11.9 Å². The number of carbonyl (C=O) groups is 5. The molecular weight excluding hydrogens is 695 g/mol. The van der Waals surface area contributed by atoms with Crippen LogP contribution in [0.15, 0.2) is 35.7 Å². The number of aromatic nitrogens is 1. The number of thiazole rings is 1. The number of methoxy groups -OCH3 is 1. The maximum absolute atomic E-state index is 14.3. The second-order valence-corrected chi connectivity index (χ2v) is 16.5. The highest BCUT2D eigenvalue weighted by atomic mass is 32.1. The average Bonchev–Trinajstić information content (AvgIpc) is 3.61. The van der Waals surface area contributed by atoms with Gasteiger partial charge in [-0.05, 0) is 56.0 Å². The Morgan fingerprint density at radius 2 is 1.70 bits per heavy atom. The van der Waals surface area contributed by atoms with Crippen LogP contribution in [0.3, 0.4) is 0 Å². The van der Waals surface area contributed by atoms with Crippen LogP contribution in [0.25, 0.3) is 0 Å². The summed E-state index contributed by atoms with van der Waals surface area (Å²) in [6.07, 6.45) is 2.54. The highest BCUT2D eigenvalue weighted by Gasteiger charge is 2.76. The van der Waals surface area contributed by atoms with Crippen molar-refractivity contribution in [2.45, 2.75) is 117 Å². The summed E-state index contributed by atoms with van der Waals surface area (Å²) in [6, 6.07) is 8.23. The van der Waals surface area contributed by atoms with Crippen LogP contribution in [0.1, 0.15) is 108 Å². The van der Waals surface area contributed by atoms with Crippen molar-refractivity contribution in [2.75, 3.05) is 21.2 Å². The van der Waals surface area contributed by atoms with E-state index in [0.29, 0.717) is 24.3 Å². The zero-order valence-corrected chi connectivity index (χ0v) is 33.8. The van der Waals surface area contributed by atoms with E-state index >= 15 is 0 Å². The first-order valence-corrected chi connectivity index (χ1v) is 19.7. The highest BCUT2D eigenvalue weighted by molar-refractivity contribution is 7.09. The Labute approximate surface area is 318 Å². The normalized spacial score (nSPS) is 23.6. The van der Waals surface area contributed by atoms with Gasteiger partial charge in [-0.1, -0.05) is 78.3 Å². The number of esters is 2. The van der Waals surface area contributed by atoms with Gasteiger partial charge in [-0.2, -0.15) is 0 Å². The van der Waals surface area contributed by atoms with Crippen molar-refractivity contribution in [1.29, 1.82) is 0 Å². The fraction of sp³-hybridized carbons (Fsp3) is 0.650. The summed E-state index contributed by atoms with van der Waals surface area (Å²) in [4.78, 5) is 72.5. The van der Waals surface area contributed by atoms with Gasteiger partial charge in [0, 0.05) is 43.4 Å². The summed E-state index contributed by atoms with van der Waals surface area (Å²) in [5.41, 5.74) is 0.746. The van der Waals surface area contributed by atoms with E-state index in [1.54, 1.807) is 24.3 Å². The molecule has 3 fully saturated rings. The fourth-order valence-corrected chi connectivity index (χ4v) is 9.01.